The highest BCUT2D eigenvalue weighted by Crippen LogP contribution is 2.21. The average molecular weight is 456 g/mol. The van der Waals surface area contributed by atoms with Crippen LogP contribution in [0.5, 0.6) is 5.75 Å². The van der Waals surface area contributed by atoms with Crippen LogP contribution in [0.2, 0.25) is 0 Å². The Kier molecular flexibility index (Phi) is 6.27. The van der Waals surface area contributed by atoms with Gasteiger partial charge in [0.2, 0.25) is 17.1 Å². The molecule has 0 bridgehead atoms. The Morgan fingerprint density at radius 3 is 2.38 bits per heavy atom. The van der Waals surface area contributed by atoms with Gasteiger partial charge in [-0.25, -0.2) is 4.98 Å². The maximum atomic E-state index is 13.3. The van der Waals surface area contributed by atoms with Crippen molar-refractivity contribution in [1.29, 1.82) is 0 Å². The van der Waals surface area contributed by atoms with Gasteiger partial charge in [0.25, 0.3) is 0 Å². The van der Waals surface area contributed by atoms with E-state index in [-0.39, 0.29) is 29.0 Å². The second kappa shape index (κ2) is 9.31. The number of anilines is 1. The number of pyridine rings is 2. The van der Waals surface area contributed by atoms with Crippen molar-refractivity contribution >= 4 is 28.4 Å². The zero-order valence-electron chi connectivity index (χ0n) is 19.5. The third-order valence-corrected chi connectivity index (χ3v) is 5.48. The normalized spacial score (nSPS) is 10.8. The quantitative estimate of drug-likeness (QED) is 0.440. The van der Waals surface area contributed by atoms with Crippen LogP contribution in [0.25, 0.3) is 11.0 Å². The summed E-state index contributed by atoms with van der Waals surface area (Å²) in [6.07, 6.45) is 1.41. The number of carbonyl (C=O) groups excluding carboxylic acids is 2. The van der Waals surface area contributed by atoms with Gasteiger partial charge in [-0.15, -0.1) is 0 Å². The van der Waals surface area contributed by atoms with Gasteiger partial charge < -0.3 is 14.6 Å². The monoisotopic (exact) mass is 455 g/mol. The Morgan fingerprint density at radius 1 is 0.971 bits per heavy atom. The fourth-order valence-electron chi connectivity index (χ4n) is 4.02. The van der Waals surface area contributed by atoms with Crippen LogP contribution in [0.15, 0.2) is 65.6 Å². The molecule has 0 saturated heterocycles. The summed E-state index contributed by atoms with van der Waals surface area (Å²) in [6, 6.07) is 15.9. The fourth-order valence-corrected chi connectivity index (χ4v) is 4.02. The molecule has 2 aromatic heterocycles. The highest BCUT2D eigenvalue weighted by atomic mass is 16.5. The maximum Gasteiger partial charge on any atom is 0.244 e. The van der Waals surface area contributed by atoms with Crippen molar-refractivity contribution in [3.8, 4) is 5.75 Å². The molecule has 2 heterocycles. The first-order valence-electron chi connectivity index (χ1n) is 10.8. The molecule has 7 nitrogen and oxygen atoms in total. The highest BCUT2D eigenvalue weighted by Gasteiger charge is 2.21. The van der Waals surface area contributed by atoms with Gasteiger partial charge in [0.1, 0.15) is 17.9 Å². The summed E-state index contributed by atoms with van der Waals surface area (Å²) in [4.78, 5) is 44.0. The Labute approximate surface area is 197 Å². The van der Waals surface area contributed by atoms with E-state index in [0.29, 0.717) is 22.8 Å². The number of amides is 1. The van der Waals surface area contributed by atoms with Crippen LogP contribution in [0.1, 0.15) is 32.7 Å². The molecule has 7 heteroatoms. The largest absolute Gasteiger partial charge is 0.496 e. The predicted molar refractivity (Wildman–Crippen MR) is 132 cm³/mol. The van der Waals surface area contributed by atoms with Gasteiger partial charge in [0.05, 0.1) is 23.6 Å². The Balaban J connectivity index is 1.78. The first-order valence-corrected chi connectivity index (χ1v) is 10.8. The number of carbonyl (C=O) groups is 2. The average Bonchev–Trinajstić information content (AvgIpc) is 2.79. The van der Waals surface area contributed by atoms with Crippen molar-refractivity contribution in [2.24, 2.45) is 0 Å². The molecule has 0 radical (unpaired) electrons. The van der Waals surface area contributed by atoms with E-state index in [2.05, 4.69) is 10.3 Å². The van der Waals surface area contributed by atoms with Crippen molar-refractivity contribution in [3.63, 3.8) is 0 Å². The second-order valence-corrected chi connectivity index (χ2v) is 8.28. The Bertz CT molecular complexity index is 1470. The summed E-state index contributed by atoms with van der Waals surface area (Å²) in [5.41, 5.74) is 3.56. The van der Waals surface area contributed by atoms with Gasteiger partial charge in [-0.2, -0.15) is 0 Å². The van der Waals surface area contributed by atoms with Crippen LogP contribution in [0, 0.1) is 20.8 Å². The second-order valence-electron chi connectivity index (χ2n) is 8.28. The van der Waals surface area contributed by atoms with Crippen molar-refractivity contribution in [1.82, 2.24) is 9.55 Å². The lowest BCUT2D eigenvalue weighted by Gasteiger charge is -2.14. The SMILES string of the molecule is COc1ccccc1C(=O)c1cn(CC(=O)Nc2cc(C)cc(C)c2)c2nc(C)ccc2c1=O. The van der Waals surface area contributed by atoms with E-state index >= 15 is 0 Å². The topological polar surface area (TPSA) is 90.3 Å². The van der Waals surface area contributed by atoms with E-state index in [1.807, 2.05) is 32.0 Å². The molecular weight excluding hydrogens is 430 g/mol. The molecule has 0 unspecified atom stereocenters. The minimum absolute atomic E-state index is 0.0538. The summed E-state index contributed by atoms with van der Waals surface area (Å²) in [6.45, 7) is 5.60. The first kappa shape index (κ1) is 22.9. The molecule has 0 aliphatic heterocycles. The van der Waals surface area contributed by atoms with Gasteiger partial charge in [0.15, 0.2) is 0 Å². The number of hydrogen-bond donors (Lipinski definition) is 1. The molecule has 0 aliphatic carbocycles. The molecule has 1 amide bonds. The smallest absolute Gasteiger partial charge is 0.244 e. The zero-order valence-corrected chi connectivity index (χ0v) is 19.5. The Morgan fingerprint density at radius 2 is 1.68 bits per heavy atom. The van der Waals surface area contributed by atoms with Crippen LogP contribution < -0.4 is 15.5 Å². The van der Waals surface area contributed by atoms with Crippen LogP contribution in [-0.4, -0.2) is 28.4 Å². The minimum atomic E-state index is -0.478. The van der Waals surface area contributed by atoms with Gasteiger partial charge in [-0.3, -0.25) is 14.4 Å². The van der Waals surface area contributed by atoms with Gasteiger partial charge >= 0.3 is 0 Å². The van der Waals surface area contributed by atoms with Crippen LogP contribution >= 0.6 is 0 Å². The molecule has 0 atom stereocenters. The molecule has 2 aromatic carbocycles. The zero-order chi connectivity index (χ0) is 24.4. The summed E-state index contributed by atoms with van der Waals surface area (Å²) < 4.78 is 6.85. The molecule has 34 heavy (non-hydrogen) atoms. The molecule has 0 aliphatic rings. The van der Waals surface area contributed by atoms with E-state index in [1.54, 1.807) is 47.9 Å². The molecule has 0 saturated carbocycles. The van der Waals surface area contributed by atoms with E-state index in [0.717, 1.165) is 11.1 Å². The molecule has 0 fully saturated rings. The lowest BCUT2D eigenvalue weighted by atomic mass is 10.0. The van der Waals surface area contributed by atoms with E-state index in [9.17, 15) is 14.4 Å². The van der Waals surface area contributed by atoms with E-state index in [4.69, 9.17) is 4.74 Å². The number of para-hydroxylation sites is 1. The number of benzene rings is 2. The number of nitrogens with zero attached hydrogens (tertiary/aromatic N) is 2. The lowest BCUT2D eigenvalue weighted by molar-refractivity contribution is -0.116. The summed E-state index contributed by atoms with van der Waals surface area (Å²) in [5, 5.41) is 3.16. The molecule has 4 rings (SSSR count). The number of hydrogen-bond acceptors (Lipinski definition) is 5. The van der Waals surface area contributed by atoms with Crippen LogP contribution in [-0.2, 0) is 11.3 Å². The summed E-state index contributed by atoms with van der Waals surface area (Å²) >= 11 is 0. The third kappa shape index (κ3) is 4.59. The maximum absolute atomic E-state index is 13.3. The Hall–Kier alpha value is -4.26. The number of ketones is 1. The lowest BCUT2D eigenvalue weighted by Crippen LogP contribution is -2.25. The number of fused-ring (bicyclic) bond motifs is 1. The molecule has 0 spiro atoms. The minimum Gasteiger partial charge on any atom is -0.496 e. The molecule has 1 N–H and O–H groups in total. The summed E-state index contributed by atoms with van der Waals surface area (Å²) in [7, 11) is 1.47. The van der Waals surface area contributed by atoms with E-state index < -0.39 is 11.2 Å². The van der Waals surface area contributed by atoms with Crippen molar-refractivity contribution in [2.75, 3.05) is 12.4 Å². The van der Waals surface area contributed by atoms with Crippen LogP contribution in [0.3, 0.4) is 0 Å². The first-order chi connectivity index (χ1) is 16.3. The van der Waals surface area contributed by atoms with Crippen molar-refractivity contribution in [3.05, 3.63) is 99.0 Å². The standard InChI is InChI=1S/C27H25N3O4/c1-16-11-17(2)13-19(12-16)29-24(31)15-30-14-22(25(32)20-7-5-6-8-23(20)34-4)26(33)21-10-9-18(3)28-27(21)30/h5-14H,15H2,1-4H3,(H,29,31). The molecule has 4 aromatic rings. The van der Waals surface area contributed by atoms with E-state index in [1.165, 1.54) is 13.3 Å². The van der Waals surface area contributed by atoms with Crippen molar-refractivity contribution in [2.45, 2.75) is 27.3 Å². The number of rotatable bonds is 6. The predicted octanol–water partition coefficient (Wildman–Crippen LogP) is 4.20. The molecular formula is C27H25N3O4. The third-order valence-electron chi connectivity index (χ3n) is 5.48. The number of aryl methyl sites for hydroxylation is 3. The van der Waals surface area contributed by atoms with Gasteiger partial charge in [-0.1, -0.05) is 18.2 Å². The number of methoxy groups -OCH3 is 1. The number of nitrogens with one attached hydrogen (secondary N) is 1. The summed E-state index contributed by atoms with van der Waals surface area (Å²) in [5.74, 6) is -0.407. The van der Waals surface area contributed by atoms with Gasteiger partial charge in [-0.05, 0) is 68.3 Å². The van der Waals surface area contributed by atoms with Gasteiger partial charge in [0, 0.05) is 17.6 Å². The number of aromatic nitrogens is 2. The number of ether oxygens (including phenoxy) is 1. The highest BCUT2D eigenvalue weighted by molar-refractivity contribution is 6.11. The van der Waals surface area contributed by atoms with Crippen LogP contribution in [0.4, 0.5) is 5.69 Å². The van der Waals surface area contributed by atoms with Crippen molar-refractivity contribution < 1.29 is 14.3 Å². The molecule has 172 valence electrons. The fraction of sp³-hybridized carbons (Fsp3) is 0.185.